The largest absolute Gasteiger partial charge is 0.516 e. The van der Waals surface area contributed by atoms with E-state index in [1.54, 1.807) is 6.92 Å². The smallest absolute Gasteiger partial charge is 0.319 e. The van der Waals surface area contributed by atoms with Crippen molar-refractivity contribution in [3.05, 3.63) is 12.2 Å². The Morgan fingerprint density at radius 2 is 2.00 bits per heavy atom. The van der Waals surface area contributed by atoms with Crippen molar-refractivity contribution in [3.63, 3.8) is 0 Å². The maximum absolute atomic E-state index is 11.1. The van der Waals surface area contributed by atoms with Gasteiger partial charge in [0.2, 0.25) is 8.32 Å². The van der Waals surface area contributed by atoms with Gasteiger partial charge < -0.3 is 4.43 Å². The van der Waals surface area contributed by atoms with Gasteiger partial charge in [0, 0.05) is 5.57 Å². The van der Waals surface area contributed by atoms with Gasteiger partial charge in [-0.1, -0.05) is 19.9 Å². The molecule has 0 bridgehead atoms. The first-order chi connectivity index (χ1) is 5.39. The molecule has 0 aromatic heterocycles. The molecular formula is C9H18O2Si. The highest BCUT2D eigenvalue weighted by molar-refractivity contribution is 6.72. The first kappa shape index (κ1) is 11.4. The molecule has 0 spiro atoms. The van der Waals surface area contributed by atoms with Crippen molar-refractivity contribution in [1.82, 2.24) is 0 Å². The molecule has 3 heteroatoms. The van der Waals surface area contributed by atoms with Crippen LogP contribution in [-0.4, -0.2) is 14.3 Å². The third-order valence-corrected chi connectivity index (χ3v) is 4.01. The lowest BCUT2D eigenvalue weighted by molar-refractivity contribution is -0.130. The zero-order valence-corrected chi connectivity index (χ0v) is 9.44. The van der Waals surface area contributed by atoms with Gasteiger partial charge in [-0.05, 0) is 26.1 Å². The van der Waals surface area contributed by atoms with E-state index in [1.807, 2.05) is 0 Å². The molecule has 0 saturated carbocycles. The Kier molecular flexibility index (Phi) is 4.24. The van der Waals surface area contributed by atoms with Crippen molar-refractivity contribution in [2.75, 3.05) is 0 Å². The number of hydrogen-bond acceptors (Lipinski definition) is 2. The lowest BCUT2D eigenvalue weighted by atomic mass is 10.4. The van der Waals surface area contributed by atoms with Gasteiger partial charge >= 0.3 is 5.97 Å². The summed E-state index contributed by atoms with van der Waals surface area (Å²) in [5, 5.41) is 0. The standard InChI is InChI=1S/C9H18O2Si/c1-6-7-12(4,5)11-9(10)8(2)3/h2,6-7H2,1,3-5H3. The normalized spacial score (nSPS) is 11.0. The van der Waals surface area contributed by atoms with Crippen LogP contribution >= 0.6 is 0 Å². The summed E-state index contributed by atoms with van der Waals surface area (Å²) in [6.07, 6.45) is 1.07. The van der Waals surface area contributed by atoms with E-state index in [9.17, 15) is 4.79 Å². The molecule has 0 amide bonds. The van der Waals surface area contributed by atoms with Crippen LogP contribution in [0.25, 0.3) is 0 Å². The van der Waals surface area contributed by atoms with Crippen LogP contribution in [0.2, 0.25) is 19.1 Å². The highest BCUT2D eigenvalue weighted by Gasteiger charge is 2.25. The average molecular weight is 186 g/mol. The van der Waals surface area contributed by atoms with Crippen molar-refractivity contribution in [1.29, 1.82) is 0 Å². The number of carbonyl (C=O) groups excluding carboxylic acids is 1. The van der Waals surface area contributed by atoms with Crippen molar-refractivity contribution >= 4 is 14.3 Å². The van der Waals surface area contributed by atoms with Crippen LogP contribution in [0.5, 0.6) is 0 Å². The van der Waals surface area contributed by atoms with Crippen LogP contribution in [0.1, 0.15) is 20.3 Å². The van der Waals surface area contributed by atoms with Crippen LogP contribution in [-0.2, 0) is 9.22 Å². The lowest BCUT2D eigenvalue weighted by Crippen LogP contribution is -2.33. The molecule has 0 aromatic carbocycles. The Balaban J connectivity index is 4.05. The summed E-state index contributed by atoms with van der Waals surface area (Å²) in [7, 11) is -1.74. The molecule has 0 rings (SSSR count). The summed E-state index contributed by atoms with van der Waals surface area (Å²) in [6.45, 7) is 11.4. The molecule has 0 aliphatic heterocycles. The van der Waals surface area contributed by atoms with Gasteiger partial charge in [0.1, 0.15) is 0 Å². The molecule has 0 aromatic rings. The molecule has 0 unspecified atom stereocenters. The average Bonchev–Trinajstić information content (AvgIpc) is 1.85. The molecule has 2 nitrogen and oxygen atoms in total. The van der Waals surface area contributed by atoms with E-state index < -0.39 is 8.32 Å². The van der Waals surface area contributed by atoms with Gasteiger partial charge in [-0.2, -0.15) is 0 Å². The Bertz CT molecular complexity index is 185. The molecule has 0 saturated heterocycles. The van der Waals surface area contributed by atoms with Gasteiger partial charge in [0.25, 0.3) is 0 Å². The van der Waals surface area contributed by atoms with Crippen LogP contribution in [0.4, 0.5) is 0 Å². The SMILES string of the molecule is C=C(C)C(=O)O[Si](C)(C)CCC. The minimum Gasteiger partial charge on any atom is -0.516 e. The zero-order chi connectivity index (χ0) is 9.78. The van der Waals surface area contributed by atoms with Crippen LogP contribution in [0, 0.1) is 0 Å². The topological polar surface area (TPSA) is 26.3 Å². The molecule has 0 aliphatic rings. The van der Waals surface area contributed by atoms with Crippen molar-refractivity contribution < 1.29 is 9.22 Å². The summed E-state index contributed by atoms with van der Waals surface area (Å²) < 4.78 is 5.34. The summed E-state index contributed by atoms with van der Waals surface area (Å²) >= 11 is 0. The fourth-order valence-electron chi connectivity index (χ4n) is 0.991. The molecule has 0 aliphatic carbocycles. The van der Waals surface area contributed by atoms with Gasteiger partial charge in [0.15, 0.2) is 0 Å². The molecule has 12 heavy (non-hydrogen) atoms. The van der Waals surface area contributed by atoms with Gasteiger partial charge in [-0.3, -0.25) is 0 Å². The summed E-state index contributed by atoms with van der Waals surface area (Å²) in [5.74, 6) is -0.236. The second-order valence-corrected chi connectivity index (χ2v) is 7.90. The molecular weight excluding hydrogens is 168 g/mol. The molecule has 0 radical (unpaired) electrons. The van der Waals surface area contributed by atoms with Crippen LogP contribution in [0.3, 0.4) is 0 Å². The molecule has 0 fully saturated rings. The van der Waals surface area contributed by atoms with Gasteiger partial charge in [-0.15, -0.1) is 0 Å². The van der Waals surface area contributed by atoms with Crippen LogP contribution < -0.4 is 0 Å². The van der Waals surface area contributed by atoms with Gasteiger partial charge in [0.05, 0.1) is 0 Å². The van der Waals surface area contributed by atoms with E-state index in [2.05, 4.69) is 26.6 Å². The number of hydrogen-bond donors (Lipinski definition) is 0. The Hall–Kier alpha value is -0.573. The zero-order valence-electron chi connectivity index (χ0n) is 8.44. The van der Waals surface area contributed by atoms with Crippen molar-refractivity contribution in [2.45, 2.75) is 39.4 Å². The number of rotatable bonds is 4. The first-order valence-electron chi connectivity index (χ1n) is 4.28. The molecule has 0 atom stereocenters. The predicted octanol–water partition coefficient (Wildman–Crippen LogP) is 2.72. The van der Waals surface area contributed by atoms with E-state index in [-0.39, 0.29) is 5.97 Å². The lowest BCUT2D eigenvalue weighted by Gasteiger charge is -2.21. The maximum Gasteiger partial charge on any atom is 0.319 e. The fraction of sp³-hybridized carbons (Fsp3) is 0.667. The summed E-state index contributed by atoms with van der Waals surface area (Å²) in [4.78, 5) is 11.1. The van der Waals surface area contributed by atoms with Crippen molar-refractivity contribution in [3.8, 4) is 0 Å². The van der Waals surface area contributed by atoms with Gasteiger partial charge in [-0.25, -0.2) is 4.79 Å². The first-order valence-corrected chi connectivity index (χ1v) is 7.39. The fourth-order valence-corrected chi connectivity index (χ4v) is 2.97. The minimum atomic E-state index is -1.74. The Morgan fingerprint density at radius 1 is 1.50 bits per heavy atom. The molecule has 70 valence electrons. The van der Waals surface area contributed by atoms with E-state index in [1.165, 1.54) is 0 Å². The van der Waals surface area contributed by atoms with Crippen LogP contribution in [0.15, 0.2) is 12.2 Å². The number of carbonyl (C=O) groups is 1. The Morgan fingerprint density at radius 3 is 2.33 bits per heavy atom. The summed E-state index contributed by atoms with van der Waals surface area (Å²) in [5.41, 5.74) is 0.492. The molecule has 0 N–H and O–H groups in total. The maximum atomic E-state index is 11.1. The predicted molar refractivity (Wildman–Crippen MR) is 53.5 cm³/mol. The third-order valence-electron chi connectivity index (χ3n) is 1.57. The Labute approximate surface area is 75.7 Å². The second-order valence-electron chi connectivity index (χ2n) is 3.68. The summed E-state index contributed by atoms with van der Waals surface area (Å²) in [6, 6.07) is 1.02. The molecule has 0 heterocycles. The quantitative estimate of drug-likeness (QED) is 0.498. The van der Waals surface area contributed by atoms with E-state index >= 15 is 0 Å². The second kappa shape index (κ2) is 4.45. The highest BCUT2D eigenvalue weighted by atomic mass is 28.4. The van der Waals surface area contributed by atoms with Crippen molar-refractivity contribution in [2.24, 2.45) is 0 Å². The monoisotopic (exact) mass is 186 g/mol. The van der Waals surface area contributed by atoms with E-state index in [0.29, 0.717) is 5.57 Å². The van der Waals surface area contributed by atoms with E-state index in [4.69, 9.17) is 4.43 Å². The highest BCUT2D eigenvalue weighted by Crippen LogP contribution is 2.14. The van der Waals surface area contributed by atoms with E-state index in [0.717, 1.165) is 12.5 Å². The minimum absolute atomic E-state index is 0.236. The third kappa shape index (κ3) is 4.33.